The Bertz CT molecular complexity index is 262. The first-order valence-corrected chi connectivity index (χ1v) is 7.16. The highest BCUT2D eigenvalue weighted by Gasteiger charge is 2.31. The molecular weight excluding hydrogens is 220 g/mol. The Morgan fingerprint density at radius 1 is 1.50 bits per heavy atom. The van der Waals surface area contributed by atoms with Gasteiger partial charge in [0.1, 0.15) is 0 Å². The summed E-state index contributed by atoms with van der Waals surface area (Å²) < 4.78 is 5.27. The summed E-state index contributed by atoms with van der Waals surface area (Å²) in [5.41, 5.74) is 0. The van der Waals surface area contributed by atoms with Gasteiger partial charge in [0.05, 0.1) is 12.1 Å². The zero-order valence-corrected chi connectivity index (χ0v) is 11.2. The molecule has 2 aliphatic rings. The van der Waals surface area contributed by atoms with Crippen LogP contribution in [0, 0.1) is 5.92 Å². The molecule has 0 radical (unpaired) electrons. The van der Waals surface area contributed by atoms with Gasteiger partial charge in [0.2, 0.25) is 0 Å². The Kier molecular flexibility index (Phi) is 4.14. The van der Waals surface area contributed by atoms with Gasteiger partial charge in [-0.1, -0.05) is 25.6 Å². The summed E-state index contributed by atoms with van der Waals surface area (Å²) in [6, 6.07) is 1.12. The van der Waals surface area contributed by atoms with Crippen LogP contribution in [0.15, 0.2) is 4.99 Å². The average Bonchev–Trinajstić information content (AvgIpc) is 2.57. The third-order valence-corrected chi connectivity index (χ3v) is 4.26. The molecule has 4 heteroatoms. The lowest BCUT2D eigenvalue weighted by Gasteiger charge is -2.34. The summed E-state index contributed by atoms with van der Waals surface area (Å²) in [6.07, 6.45) is 3.94. The summed E-state index contributed by atoms with van der Waals surface area (Å²) in [5, 5.41) is 4.67. The second kappa shape index (κ2) is 5.41. The molecule has 1 fully saturated rings. The van der Waals surface area contributed by atoms with Crippen LogP contribution in [-0.4, -0.2) is 36.2 Å². The van der Waals surface area contributed by atoms with Gasteiger partial charge in [-0.2, -0.15) is 0 Å². The summed E-state index contributed by atoms with van der Waals surface area (Å²) in [6.45, 7) is 4.53. The maximum Gasteiger partial charge on any atom is 0.157 e. The van der Waals surface area contributed by atoms with E-state index < -0.39 is 0 Å². The SMILES string of the molecule is COC1CC(NC2=NC(CC(C)C)CS2)C1. The lowest BCUT2D eigenvalue weighted by atomic mass is 9.89. The summed E-state index contributed by atoms with van der Waals surface area (Å²) in [7, 11) is 1.79. The second-order valence-electron chi connectivity index (χ2n) is 5.20. The van der Waals surface area contributed by atoms with E-state index in [4.69, 9.17) is 9.73 Å². The summed E-state index contributed by atoms with van der Waals surface area (Å²) >= 11 is 1.88. The zero-order chi connectivity index (χ0) is 11.5. The second-order valence-corrected chi connectivity index (χ2v) is 6.21. The van der Waals surface area contributed by atoms with Gasteiger partial charge >= 0.3 is 0 Å². The van der Waals surface area contributed by atoms with Crippen molar-refractivity contribution in [3.05, 3.63) is 0 Å². The molecule has 1 saturated carbocycles. The number of ether oxygens (including phenoxy) is 1. The Labute approximate surface area is 102 Å². The first-order valence-electron chi connectivity index (χ1n) is 6.17. The minimum Gasteiger partial charge on any atom is -0.381 e. The van der Waals surface area contributed by atoms with Crippen molar-refractivity contribution >= 4 is 16.9 Å². The molecule has 92 valence electrons. The van der Waals surface area contributed by atoms with Gasteiger partial charge in [0, 0.05) is 18.9 Å². The third kappa shape index (κ3) is 3.14. The molecule has 0 bridgehead atoms. The molecule has 0 aromatic rings. The Balaban J connectivity index is 1.71. The van der Waals surface area contributed by atoms with Crippen molar-refractivity contribution in [2.45, 2.75) is 51.3 Å². The van der Waals surface area contributed by atoms with Crippen molar-refractivity contribution < 1.29 is 4.74 Å². The van der Waals surface area contributed by atoms with Gasteiger partial charge in [-0.15, -0.1) is 0 Å². The highest BCUT2D eigenvalue weighted by Crippen LogP contribution is 2.26. The number of aliphatic imine (C=N–C) groups is 1. The molecule has 0 aromatic heterocycles. The molecule has 0 saturated heterocycles. The lowest BCUT2D eigenvalue weighted by molar-refractivity contribution is 0.0228. The summed E-state index contributed by atoms with van der Waals surface area (Å²) in [4.78, 5) is 4.73. The average molecular weight is 242 g/mol. The standard InChI is InChI=1S/C12H22N2OS/c1-8(2)4-10-7-16-12(14-10)13-9-5-11(6-9)15-3/h8-11H,4-7H2,1-3H3,(H,13,14). The smallest absolute Gasteiger partial charge is 0.157 e. The van der Waals surface area contributed by atoms with Crippen molar-refractivity contribution in [2.75, 3.05) is 12.9 Å². The van der Waals surface area contributed by atoms with Crippen molar-refractivity contribution in [1.82, 2.24) is 5.32 Å². The molecule has 16 heavy (non-hydrogen) atoms. The Morgan fingerprint density at radius 3 is 2.88 bits per heavy atom. The molecule has 1 aliphatic carbocycles. The van der Waals surface area contributed by atoms with Crippen LogP contribution in [0.25, 0.3) is 0 Å². The largest absolute Gasteiger partial charge is 0.381 e. The maximum atomic E-state index is 5.27. The van der Waals surface area contributed by atoms with Gasteiger partial charge in [-0.3, -0.25) is 4.99 Å². The van der Waals surface area contributed by atoms with Crippen molar-refractivity contribution in [1.29, 1.82) is 0 Å². The predicted molar refractivity (Wildman–Crippen MR) is 70.1 cm³/mol. The zero-order valence-electron chi connectivity index (χ0n) is 10.4. The number of hydrogen-bond acceptors (Lipinski definition) is 4. The monoisotopic (exact) mass is 242 g/mol. The predicted octanol–water partition coefficient (Wildman–Crippen LogP) is 2.27. The fourth-order valence-electron chi connectivity index (χ4n) is 2.21. The van der Waals surface area contributed by atoms with Crippen LogP contribution < -0.4 is 5.32 Å². The number of nitrogens with zero attached hydrogens (tertiary/aromatic N) is 1. The van der Waals surface area contributed by atoms with Crippen LogP contribution in [0.1, 0.15) is 33.1 Å². The molecular formula is C12H22N2OS. The molecule has 2 rings (SSSR count). The molecule has 3 nitrogen and oxygen atoms in total. The topological polar surface area (TPSA) is 33.6 Å². The van der Waals surface area contributed by atoms with Gasteiger partial charge in [-0.05, 0) is 25.2 Å². The molecule has 1 N–H and O–H groups in total. The molecule has 0 spiro atoms. The normalized spacial score (nSPS) is 33.8. The first kappa shape index (κ1) is 12.2. The van der Waals surface area contributed by atoms with Crippen LogP contribution in [0.2, 0.25) is 0 Å². The van der Waals surface area contributed by atoms with Crippen LogP contribution in [0.3, 0.4) is 0 Å². The maximum absolute atomic E-state index is 5.27. The molecule has 0 aromatic carbocycles. The minimum absolute atomic E-state index is 0.468. The van der Waals surface area contributed by atoms with E-state index in [2.05, 4.69) is 19.2 Å². The number of hydrogen-bond donors (Lipinski definition) is 1. The molecule has 1 heterocycles. The molecule has 1 unspecified atom stereocenters. The van der Waals surface area contributed by atoms with E-state index in [-0.39, 0.29) is 0 Å². The quantitative estimate of drug-likeness (QED) is 0.821. The number of methoxy groups -OCH3 is 1. The van der Waals surface area contributed by atoms with Crippen molar-refractivity contribution in [3.63, 3.8) is 0 Å². The fraction of sp³-hybridized carbons (Fsp3) is 0.917. The van der Waals surface area contributed by atoms with Crippen molar-refractivity contribution in [3.8, 4) is 0 Å². The molecule has 1 aliphatic heterocycles. The van der Waals surface area contributed by atoms with Crippen LogP contribution >= 0.6 is 11.8 Å². The highest BCUT2D eigenvalue weighted by atomic mass is 32.2. The van der Waals surface area contributed by atoms with E-state index in [1.807, 2.05) is 11.8 Å². The van der Waals surface area contributed by atoms with Crippen LogP contribution in [0.5, 0.6) is 0 Å². The van der Waals surface area contributed by atoms with E-state index in [0.717, 1.165) is 29.7 Å². The number of amidine groups is 1. The van der Waals surface area contributed by atoms with Gasteiger partial charge < -0.3 is 10.1 Å². The Morgan fingerprint density at radius 2 is 2.25 bits per heavy atom. The number of thioether (sulfide) groups is 1. The molecule has 0 amide bonds. The lowest BCUT2D eigenvalue weighted by Crippen LogP contribution is -2.46. The number of nitrogens with one attached hydrogen (secondary N) is 1. The van der Waals surface area contributed by atoms with Crippen LogP contribution in [-0.2, 0) is 4.74 Å². The third-order valence-electron chi connectivity index (χ3n) is 3.21. The minimum atomic E-state index is 0.468. The fourth-order valence-corrected chi connectivity index (χ4v) is 3.24. The van der Waals surface area contributed by atoms with E-state index >= 15 is 0 Å². The van der Waals surface area contributed by atoms with E-state index in [1.165, 1.54) is 6.42 Å². The first-order chi connectivity index (χ1) is 7.67. The molecule has 1 atom stereocenters. The van der Waals surface area contributed by atoms with Crippen LogP contribution in [0.4, 0.5) is 0 Å². The van der Waals surface area contributed by atoms with Crippen molar-refractivity contribution in [2.24, 2.45) is 10.9 Å². The van der Waals surface area contributed by atoms with Gasteiger partial charge in [-0.25, -0.2) is 0 Å². The van der Waals surface area contributed by atoms with E-state index in [0.29, 0.717) is 18.2 Å². The van der Waals surface area contributed by atoms with Gasteiger partial charge in [0.25, 0.3) is 0 Å². The Hall–Kier alpha value is -0.220. The summed E-state index contributed by atoms with van der Waals surface area (Å²) in [5.74, 6) is 1.90. The van der Waals surface area contributed by atoms with E-state index in [1.54, 1.807) is 7.11 Å². The highest BCUT2D eigenvalue weighted by molar-refractivity contribution is 8.14. The van der Waals surface area contributed by atoms with E-state index in [9.17, 15) is 0 Å². The van der Waals surface area contributed by atoms with Gasteiger partial charge in [0.15, 0.2) is 5.17 Å². The number of rotatable bonds is 4.